The molecule has 1 heterocycles. The van der Waals surface area contributed by atoms with Gasteiger partial charge in [0, 0.05) is 0 Å². The molecular formula is C20H19FN4O3. The van der Waals surface area contributed by atoms with Gasteiger partial charge in [-0.2, -0.15) is 0 Å². The molecule has 3 aromatic rings. The average Bonchev–Trinajstić information content (AvgIpc) is 2.73. The summed E-state index contributed by atoms with van der Waals surface area (Å²) in [6.45, 7) is 0.611. The summed E-state index contributed by atoms with van der Waals surface area (Å²) in [5.41, 5.74) is 0.438. The second-order valence-electron chi connectivity index (χ2n) is 5.67. The van der Waals surface area contributed by atoms with E-state index in [-0.39, 0.29) is 17.3 Å². The van der Waals surface area contributed by atoms with Crippen molar-refractivity contribution in [2.75, 3.05) is 25.6 Å². The summed E-state index contributed by atoms with van der Waals surface area (Å²) in [5, 5.41) is 5.51. The molecule has 2 aromatic carbocycles. The largest absolute Gasteiger partial charge is 0.497 e. The first kappa shape index (κ1) is 19.1. The molecule has 3 rings (SSSR count). The Hall–Kier alpha value is -3.68. The van der Waals surface area contributed by atoms with Crippen LogP contribution in [0.3, 0.4) is 0 Å². The number of hydrogen-bond donors (Lipinski definition) is 2. The Kier molecular flexibility index (Phi) is 6.35. The molecule has 0 aliphatic rings. The van der Waals surface area contributed by atoms with Gasteiger partial charge < -0.3 is 20.1 Å². The van der Waals surface area contributed by atoms with Crippen LogP contribution in [-0.2, 0) is 0 Å². The Morgan fingerprint density at radius 1 is 1.04 bits per heavy atom. The molecule has 28 heavy (non-hydrogen) atoms. The summed E-state index contributed by atoms with van der Waals surface area (Å²) >= 11 is 0. The van der Waals surface area contributed by atoms with E-state index >= 15 is 0 Å². The van der Waals surface area contributed by atoms with Gasteiger partial charge in [0.25, 0.3) is 5.91 Å². The molecule has 0 unspecified atom stereocenters. The van der Waals surface area contributed by atoms with E-state index in [2.05, 4.69) is 20.6 Å². The quantitative estimate of drug-likeness (QED) is 0.582. The predicted octanol–water partition coefficient (Wildman–Crippen LogP) is 3.18. The molecular weight excluding hydrogens is 363 g/mol. The zero-order chi connectivity index (χ0) is 19.8. The highest BCUT2D eigenvalue weighted by Gasteiger charge is 2.08. The van der Waals surface area contributed by atoms with Crippen molar-refractivity contribution in [2.45, 2.75) is 0 Å². The van der Waals surface area contributed by atoms with Crippen molar-refractivity contribution in [3.63, 3.8) is 0 Å². The van der Waals surface area contributed by atoms with E-state index in [1.54, 1.807) is 49.6 Å². The zero-order valence-corrected chi connectivity index (χ0v) is 15.2. The van der Waals surface area contributed by atoms with Crippen molar-refractivity contribution in [2.24, 2.45) is 0 Å². The number of rotatable bonds is 8. The number of anilines is 2. The first-order valence-corrected chi connectivity index (χ1v) is 8.54. The van der Waals surface area contributed by atoms with Crippen LogP contribution in [0.5, 0.6) is 11.5 Å². The zero-order valence-electron chi connectivity index (χ0n) is 15.2. The van der Waals surface area contributed by atoms with Crippen LogP contribution in [0.15, 0.2) is 60.9 Å². The fourth-order valence-corrected chi connectivity index (χ4v) is 2.31. The fraction of sp³-hybridized carbons (Fsp3) is 0.150. The van der Waals surface area contributed by atoms with Crippen molar-refractivity contribution in [3.8, 4) is 11.5 Å². The van der Waals surface area contributed by atoms with Crippen molar-refractivity contribution in [3.05, 3.63) is 72.4 Å². The lowest BCUT2D eigenvalue weighted by molar-refractivity contribution is 0.0941. The normalized spacial score (nSPS) is 10.2. The number of ether oxygens (including phenoxy) is 2. The second kappa shape index (κ2) is 9.31. The van der Waals surface area contributed by atoms with Crippen LogP contribution in [0.2, 0.25) is 0 Å². The number of methoxy groups -OCH3 is 1. The topological polar surface area (TPSA) is 85.4 Å². The minimum Gasteiger partial charge on any atom is -0.497 e. The van der Waals surface area contributed by atoms with Gasteiger partial charge >= 0.3 is 0 Å². The van der Waals surface area contributed by atoms with Crippen LogP contribution in [0, 0.1) is 5.82 Å². The maximum Gasteiger partial charge on any atom is 0.271 e. The highest BCUT2D eigenvalue weighted by Crippen LogP contribution is 2.18. The number of carbonyl (C=O) groups excluding carboxylic acids is 1. The highest BCUT2D eigenvalue weighted by atomic mass is 19.1. The lowest BCUT2D eigenvalue weighted by Gasteiger charge is -2.09. The third-order valence-corrected chi connectivity index (χ3v) is 3.74. The number of nitrogens with zero attached hydrogens (tertiary/aromatic N) is 2. The van der Waals surface area contributed by atoms with Crippen LogP contribution < -0.4 is 20.1 Å². The van der Waals surface area contributed by atoms with Gasteiger partial charge in [-0.05, 0) is 36.4 Å². The maximum atomic E-state index is 13.6. The third kappa shape index (κ3) is 5.16. The number of amides is 1. The number of aromatic nitrogens is 2. The van der Waals surface area contributed by atoms with Crippen LogP contribution in [0.4, 0.5) is 15.9 Å². The molecule has 0 fully saturated rings. The molecule has 144 valence electrons. The molecule has 0 aliphatic heterocycles. The molecule has 0 aliphatic carbocycles. The molecule has 7 nitrogen and oxygen atoms in total. The number of hydrogen-bond acceptors (Lipinski definition) is 6. The van der Waals surface area contributed by atoms with Gasteiger partial charge in [0.2, 0.25) is 0 Å². The Morgan fingerprint density at radius 2 is 1.79 bits per heavy atom. The smallest absolute Gasteiger partial charge is 0.271 e. The monoisotopic (exact) mass is 382 g/mol. The highest BCUT2D eigenvalue weighted by molar-refractivity contribution is 5.92. The Balaban J connectivity index is 1.45. The van der Waals surface area contributed by atoms with Crippen molar-refractivity contribution < 1.29 is 18.7 Å². The summed E-state index contributed by atoms with van der Waals surface area (Å²) in [4.78, 5) is 20.2. The summed E-state index contributed by atoms with van der Waals surface area (Å²) in [5.74, 6) is 0.987. The van der Waals surface area contributed by atoms with Gasteiger partial charge in [-0.1, -0.05) is 12.1 Å². The lowest BCUT2D eigenvalue weighted by atomic mass is 10.3. The Labute approximate surface area is 161 Å². The van der Waals surface area contributed by atoms with Crippen LogP contribution >= 0.6 is 0 Å². The fourth-order valence-electron chi connectivity index (χ4n) is 2.31. The minimum absolute atomic E-state index is 0.156. The number of para-hydroxylation sites is 1. The van der Waals surface area contributed by atoms with E-state index in [1.165, 1.54) is 18.5 Å². The second-order valence-corrected chi connectivity index (χ2v) is 5.67. The number of benzene rings is 2. The van der Waals surface area contributed by atoms with Gasteiger partial charge in [0.15, 0.2) is 0 Å². The molecule has 0 saturated heterocycles. The molecule has 0 spiro atoms. The van der Waals surface area contributed by atoms with Crippen LogP contribution in [0.25, 0.3) is 0 Å². The van der Waals surface area contributed by atoms with E-state index in [0.717, 1.165) is 5.75 Å². The third-order valence-electron chi connectivity index (χ3n) is 3.74. The number of halogens is 1. The number of carbonyl (C=O) groups is 1. The Bertz CT molecular complexity index is 917. The standard InChI is InChI=1S/C20H19FN4O3/c1-27-14-6-8-15(9-7-14)28-11-10-22-20(26)18-12-24-19(13-23-18)25-17-5-3-2-4-16(17)21/h2-9,12-13H,10-11H2,1H3,(H,22,26)(H,24,25). The van der Waals surface area contributed by atoms with Crippen molar-refractivity contribution >= 4 is 17.4 Å². The summed E-state index contributed by atoms with van der Waals surface area (Å²) in [6, 6.07) is 13.4. The molecule has 0 saturated carbocycles. The minimum atomic E-state index is -0.400. The molecule has 0 atom stereocenters. The van der Waals surface area contributed by atoms with Gasteiger partial charge in [-0.3, -0.25) is 4.79 Å². The van der Waals surface area contributed by atoms with Crippen molar-refractivity contribution in [1.82, 2.24) is 15.3 Å². The van der Waals surface area contributed by atoms with E-state index in [4.69, 9.17) is 9.47 Å². The van der Waals surface area contributed by atoms with Crippen LogP contribution in [-0.4, -0.2) is 36.1 Å². The van der Waals surface area contributed by atoms with E-state index < -0.39 is 5.82 Å². The molecule has 0 radical (unpaired) electrons. The summed E-state index contributed by atoms with van der Waals surface area (Å²) in [7, 11) is 1.59. The Morgan fingerprint density at radius 3 is 2.46 bits per heavy atom. The lowest BCUT2D eigenvalue weighted by Crippen LogP contribution is -2.28. The average molecular weight is 382 g/mol. The van der Waals surface area contributed by atoms with Gasteiger partial charge in [-0.25, -0.2) is 14.4 Å². The van der Waals surface area contributed by atoms with E-state index in [1.807, 2.05) is 0 Å². The maximum absolute atomic E-state index is 13.6. The van der Waals surface area contributed by atoms with Crippen molar-refractivity contribution in [1.29, 1.82) is 0 Å². The molecule has 0 bridgehead atoms. The van der Waals surface area contributed by atoms with Gasteiger partial charge in [0.05, 0.1) is 31.7 Å². The van der Waals surface area contributed by atoms with Crippen LogP contribution in [0.1, 0.15) is 10.5 Å². The van der Waals surface area contributed by atoms with E-state index in [0.29, 0.717) is 24.7 Å². The molecule has 8 heteroatoms. The van der Waals surface area contributed by atoms with Gasteiger partial charge in [0.1, 0.15) is 35.4 Å². The molecule has 1 aromatic heterocycles. The first-order chi connectivity index (χ1) is 13.7. The SMILES string of the molecule is COc1ccc(OCCNC(=O)c2cnc(Nc3ccccc3F)cn2)cc1. The predicted molar refractivity (Wildman–Crippen MR) is 103 cm³/mol. The number of nitrogens with one attached hydrogen (secondary N) is 2. The molecule has 2 N–H and O–H groups in total. The summed E-state index contributed by atoms with van der Waals surface area (Å²) < 4.78 is 24.2. The van der Waals surface area contributed by atoms with E-state index in [9.17, 15) is 9.18 Å². The molecule has 1 amide bonds. The first-order valence-electron chi connectivity index (χ1n) is 8.54. The summed E-state index contributed by atoms with van der Waals surface area (Å²) in [6.07, 6.45) is 2.69. The van der Waals surface area contributed by atoms with Gasteiger partial charge in [-0.15, -0.1) is 0 Å².